The lowest BCUT2D eigenvalue weighted by molar-refractivity contribution is 0.571. The zero-order valence-electron chi connectivity index (χ0n) is 11.5. The molecule has 0 amide bonds. The molecule has 20 heavy (non-hydrogen) atoms. The Labute approximate surface area is 128 Å². The number of aromatic nitrogens is 3. The average Bonchev–Trinajstić information content (AvgIpc) is 2.80. The van der Waals surface area contributed by atoms with E-state index in [1.807, 2.05) is 24.3 Å². The summed E-state index contributed by atoms with van der Waals surface area (Å²) in [5.41, 5.74) is 0.927. The summed E-state index contributed by atoms with van der Waals surface area (Å²) < 4.78 is 2.19. The first kappa shape index (κ1) is 14.9. The molecule has 0 saturated carbocycles. The van der Waals surface area contributed by atoms with Gasteiger partial charge in [0.25, 0.3) is 0 Å². The Bertz CT molecular complexity index is 655. The van der Waals surface area contributed by atoms with Gasteiger partial charge in [-0.05, 0) is 42.8 Å². The molecule has 0 atom stereocenters. The summed E-state index contributed by atoms with van der Waals surface area (Å²) in [5.74, 6) is 1.22. The van der Waals surface area contributed by atoms with E-state index in [2.05, 4.69) is 29.1 Å². The highest BCUT2D eigenvalue weighted by Gasteiger charge is 2.14. The molecule has 2 rings (SSSR count). The molecular formula is C14H17ClN4S. The maximum absolute atomic E-state index is 5.96. The predicted molar refractivity (Wildman–Crippen MR) is 85.2 cm³/mol. The Morgan fingerprint density at radius 1 is 1.45 bits per heavy atom. The Balaban J connectivity index is 2.34. The predicted octanol–water partition coefficient (Wildman–Crippen LogP) is 4.38. The van der Waals surface area contributed by atoms with E-state index in [0.717, 1.165) is 24.2 Å². The molecule has 1 aromatic carbocycles. The maximum Gasteiger partial charge on any atom is 0.216 e. The molecule has 4 nitrogen and oxygen atoms in total. The highest BCUT2D eigenvalue weighted by Crippen LogP contribution is 2.21. The van der Waals surface area contributed by atoms with Crippen LogP contribution in [0.5, 0.6) is 0 Å². The minimum atomic E-state index is 0.347. The lowest BCUT2D eigenvalue weighted by atomic mass is 10.0. The van der Waals surface area contributed by atoms with Crippen LogP contribution in [-0.4, -0.2) is 21.1 Å². The highest BCUT2D eigenvalue weighted by molar-refractivity contribution is 7.71. The number of aromatic amines is 1. The van der Waals surface area contributed by atoms with Crippen LogP contribution < -0.4 is 0 Å². The second kappa shape index (κ2) is 6.81. The van der Waals surface area contributed by atoms with Gasteiger partial charge in [0, 0.05) is 10.9 Å². The standard InChI is InChI=1S/C14H17ClN4S/c1-3-11(4-2)13-17-18-14(20)19(13)16-9-10-6-5-7-12(15)8-10/h5-9,11H,3-4H2,1-2H3,(H,18,20)/b16-9-. The van der Waals surface area contributed by atoms with E-state index in [9.17, 15) is 0 Å². The van der Waals surface area contributed by atoms with Gasteiger partial charge in [0.15, 0.2) is 5.82 Å². The molecule has 106 valence electrons. The van der Waals surface area contributed by atoms with Crippen LogP contribution in [0.25, 0.3) is 0 Å². The molecule has 0 radical (unpaired) electrons. The summed E-state index contributed by atoms with van der Waals surface area (Å²) >= 11 is 11.2. The average molecular weight is 309 g/mol. The molecule has 0 saturated heterocycles. The summed E-state index contributed by atoms with van der Waals surface area (Å²) in [5, 5.41) is 12.2. The third kappa shape index (κ3) is 3.35. The Kier molecular flexibility index (Phi) is 5.09. The number of nitrogens with zero attached hydrogens (tertiary/aromatic N) is 3. The second-order valence-corrected chi connectivity index (χ2v) is 5.33. The van der Waals surface area contributed by atoms with Gasteiger partial charge in [0.2, 0.25) is 4.77 Å². The first-order valence-corrected chi connectivity index (χ1v) is 7.41. The number of halogens is 1. The Morgan fingerprint density at radius 3 is 2.85 bits per heavy atom. The second-order valence-electron chi connectivity index (χ2n) is 4.51. The van der Waals surface area contributed by atoms with E-state index in [-0.39, 0.29) is 0 Å². The van der Waals surface area contributed by atoms with Crippen molar-refractivity contribution in [3.05, 3.63) is 45.4 Å². The summed E-state index contributed by atoms with van der Waals surface area (Å²) in [6.45, 7) is 4.27. The van der Waals surface area contributed by atoms with E-state index >= 15 is 0 Å². The van der Waals surface area contributed by atoms with Crippen molar-refractivity contribution < 1.29 is 0 Å². The van der Waals surface area contributed by atoms with E-state index in [0.29, 0.717) is 15.7 Å². The van der Waals surface area contributed by atoms with Crippen LogP contribution >= 0.6 is 23.8 Å². The zero-order chi connectivity index (χ0) is 14.5. The molecule has 0 fully saturated rings. The van der Waals surface area contributed by atoms with E-state index in [1.165, 1.54) is 0 Å². The molecule has 0 aliphatic rings. The van der Waals surface area contributed by atoms with E-state index in [1.54, 1.807) is 10.9 Å². The third-order valence-electron chi connectivity index (χ3n) is 3.20. The van der Waals surface area contributed by atoms with Gasteiger partial charge in [-0.15, -0.1) is 0 Å². The van der Waals surface area contributed by atoms with E-state index in [4.69, 9.17) is 23.8 Å². The fourth-order valence-electron chi connectivity index (χ4n) is 2.04. The SMILES string of the molecule is CCC(CC)c1n[nH]c(=S)n1/N=C\c1cccc(Cl)c1. The van der Waals surface area contributed by atoms with Crippen molar-refractivity contribution >= 4 is 30.0 Å². The lowest BCUT2D eigenvalue weighted by Crippen LogP contribution is -2.05. The molecule has 0 aliphatic heterocycles. The third-order valence-corrected chi connectivity index (χ3v) is 3.70. The lowest BCUT2D eigenvalue weighted by Gasteiger charge is -2.10. The van der Waals surface area contributed by atoms with Crippen molar-refractivity contribution in [1.82, 2.24) is 14.9 Å². The summed E-state index contributed by atoms with van der Waals surface area (Å²) in [4.78, 5) is 0. The monoisotopic (exact) mass is 308 g/mol. The summed E-state index contributed by atoms with van der Waals surface area (Å²) in [6.07, 6.45) is 3.74. The summed E-state index contributed by atoms with van der Waals surface area (Å²) in [7, 11) is 0. The Hall–Kier alpha value is -1.46. The normalized spacial score (nSPS) is 11.6. The smallest absolute Gasteiger partial charge is 0.216 e. The van der Waals surface area contributed by atoms with Gasteiger partial charge < -0.3 is 0 Å². The van der Waals surface area contributed by atoms with Gasteiger partial charge in [-0.3, -0.25) is 5.10 Å². The number of rotatable bonds is 5. The fraction of sp³-hybridized carbons (Fsp3) is 0.357. The van der Waals surface area contributed by atoms with Gasteiger partial charge in [0.1, 0.15) is 0 Å². The number of hydrogen-bond donors (Lipinski definition) is 1. The number of benzene rings is 1. The van der Waals surface area contributed by atoms with Gasteiger partial charge in [-0.2, -0.15) is 14.9 Å². The molecule has 6 heteroatoms. The van der Waals surface area contributed by atoms with Gasteiger partial charge in [-0.1, -0.05) is 37.6 Å². The van der Waals surface area contributed by atoms with Crippen LogP contribution in [0, 0.1) is 4.77 Å². The van der Waals surface area contributed by atoms with Gasteiger partial charge in [-0.25, -0.2) is 0 Å². The molecule has 0 bridgehead atoms. The molecule has 1 N–H and O–H groups in total. The molecule has 1 aromatic heterocycles. The van der Waals surface area contributed by atoms with Crippen molar-refractivity contribution in [3.8, 4) is 0 Å². The van der Waals surface area contributed by atoms with Crippen LogP contribution in [0.15, 0.2) is 29.4 Å². The number of nitrogens with one attached hydrogen (secondary N) is 1. The van der Waals surface area contributed by atoms with Crippen molar-refractivity contribution in [1.29, 1.82) is 0 Å². The first-order chi connectivity index (χ1) is 9.65. The minimum Gasteiger partial charge on any atom is -0.250 e. The zero-order valence-corrected chi connectivity index (χ0v) is 13.1. The van der Waals surface area contributed by atoms with Gasteiger partial charge in [0.05, 0.1) is 6.21 Å². The molecule has 0 aliphatic carbocycles. The molecule has 0 spiro atoms. The number of hydrogen-bond acceptors (Lipinski definition) is 3. The van der Waals surface area contributed by atoms with Crippen LogP contribution in [0.1, 0.15) is 44.0 Å². The van der Waals surface area contributed by atoms with Crippen molar-refractivity contribution in [2.45, 2.75) is 32.6 Å². The molecule has 1 heterocycles. The largest absolute Gasteiger partial charge is 0.250 e. The first-order valence-electron chi connectivity index (χ1n) is 6.63. The van der Waals surface area contributed by atoms with Crippen molar-refractivity contribution in [2.24, 2.45) is 5.10 Å². The Morgan fingerprint density at radius 2 is 2.20 bits per heavy atom. The molecule has 2 aromatic rings. The van der Waals surface area contributed by atoms with Crippen LogP contribution in [0.2, 0.25) is 5.02 Å². The van der Waals surface area contributed by atoms with Crippen molar-refractivity contribution in [2.75, 3.05) is 0 Å². The summed E-state index contributed by atoms with van der Waals surface area (Å²) in [6, 6.07) is 7.51. The van der Waals surface area contributed by atoms with Crippen LogP contribution in [0.3, 0.4) is 0 Å². The fourth-order valence-corrected chi connectivity index (χ4v) is 2.43. The topological polar surface area (TPSA) is 46.0 Å². The highest BCUT2D eigenvalue weighted by atomic mass is 35.5. The van der Waals surface area contributed by atoms with Crippen LogP contribution in [-0.2, 0) is 0 Å². The number of H-pyrrole nitrogens is 1. The van der Waals surface area contributed by atoms with Crippen molar-refractivity contribution in [3.63, 3.8) is 0 Å². The minimum absolute atomic E-state index is 0.347. The quantitative estimate of drug-likeness (QED) is 0.658. The van der Waals surface area contributed by atoms with E-state index < -0.39 is 0 Å². The van der Waals surface area contributed by atoms with Gasteiger partial charge >= 0.3 is 0 Å². The molecule has 0 unspecified atom stereocenters. The maximum atomic E-state index is 5.96. The molecular weight excluding hydrogens is 292 g/mol. The van der Waals surface area contributed by atoms with Crippen LogP contribution in [0.4, 0.5) is 0 Å².